The number of nitrogens with two attached hydrogens (primary N) is 1. The predicted octanol–water partition coefficient (Wildman–Crippen LogP) is 3.54. The monoisotopic (exact) mass is 446 g/mol. The highest BCUT2D eigenvalue weighted by Gasteiger charge is 2.37. The van der Waals surface area contributed by atoms with Crippen molar-refractivity contribution in [2.24, 2.45) is 5.73 Å². The lowest BCUT2D eigenvalue weighted by Crippen LogP contribution is -2.45. The molecule has 2 amide bonds. The standard InChI is InChI=1S/C15H13BrF6N2O2/c1-7(16)2-11(13(23)26)24-12(25)5-8-3-9(14(17,18)19)6-10(4-8)15(20,21)22/h3-4,6,11H,1-2,5H2,(H2,23,26)(H,24,25)/t11-/m1/s1. The average Bonchev–Trinajstić information content (AvgIpc) is 2.43. The van der Waals surface area contributed by atoms with E-state index < -0.39 is 53.3 Å². The molecular formula is C15H13BrF6N2O2. The predicted molar refractivity (Wildman–Crippen MR) is 84.0 cm³/mol. The molecule has 0 saturated heterocycles. The van der Waals surface area contributed by atoms with Crippen molar-refractivity contribution < 1.29 is 35.9 Å². The summed E-state index contributed by atoms with van der Waals surface area (Å²) in [5, 5.41) is 2.15. The molecule has 0 unspecified atom stereocenters. The molecule has 26 heavy (non-hydrogen) atoms. The van der Waals surface area contributed by atoms with Gasteiger partial charge in [-0.05, 0) is 28.2 Å². The molecular weight excluding hydrogens is 434 g/mol. The summed E-state index contributed by atoms with van der Waals surface area (Å²) in [7, 11) is 0. The second-order valence-corrected chi connectivity index (χ2v) is 6.46. The molecule has 0 spiro atoms. The summed E-state index contributed by atoms with van der Waals surface area (Å²) in [4.78, 5) is 23.1. The van der Waals surface area contributed by atoms with Gasteiger partial charge in [0.05, 0.1) is 17.5 Å². The van der Waals surface area contributed by atoms with E-state index in [0.717, 1.165) is 0 Å². The highest BCUT2D eigenvalue weighted by Crippen LogP contribution is 2.36. The fourth-order valence-electron chi connectivity index (χ4n) is 2.00. The van der Waals surface area contributed by atoms with Gasteiger partial charge in [-0.25, -0.2) is 0 Å². The summed E-state index contributed by atoms with van der Waals surface area (Å²) < 4.78 is 77.1. The SMILES string of the molecule is C=C(Br)C[C@@H](NC(=O)Cc1cc(C(F)(F)F)cc(C(F)(F)F)c1)C(N)=O. The molecule has 0 bridgehead atoms. The maximum atomic E-state index is 12.8. The van der Waals surface area contributed by atoms with Gasteiger partial charge in [-0.2, -0.15) is 26.3 Å². The minimum absolute atomic E-state index is 0.0392. The second-order valence-electron chi connectivity index (χ2n) is 5.33. The molecule has 4 nitrogen and oxygen atoms in total. The first-order valence-corrected chi connectivity index (χ1v) is 7.69. The molecule has 1 rings (SSSR count). The molecule has 1 atom stereocenters. The number of amides is 2. The van der Waals surface area contributed by atoms with E-state index in [4.69, 9.17) is 5.73 Å². The van der Waals surface area contributed by atoms with Crippen molar-refractivity contribution in [2.75, 3.05) is 0 Å². The Bertz CT molecular complexity index is 683. The third-order valence-corrected chi connectivity index (χ3v) is 3.44. The smallest absolute Gasteiger partial charge is 0.368 e. The van der Waals surface area contributed by atoms with E-state index in [1.54, 1.807) is 0 Å². The van der Waals surface area contributed by atoms with Crippen molar-refractivity contribution in [3.05, 3.63) is 46.0 Å². The molecule has 0 radical (unpaired) electrons. The van der Waals surface area contributed by atoms with Crippen molar-refractivity contribution in [1.82, 2.24) is 5.32 Å². The highest BCUT2D eigenvalue weighted by atomic mass is 79.9. The van der Waals surface area contributed by atoms with Crippen LogP contribution in [0.15, 0.2) is 29.3 Å². The van der Waals surface area contributed by atoms with Gasteiger partial charge in [0.1, 0.15) is 6.04 Å². The molecule has 144 valence electrons. The molecule has 0 aliphatic carbocycles. The summed E-state index contributed by atoms with van der Waals surface area (Å²) in [5.41, 5.74) is 1.50. The molecule has 0 heterocycles. The highest BCUT2D eigenvalue weighted by molar-refractivity contribution is 9.11. The fourth-order valence-corrected chi connectivity index (χ4v) is 2.32. The van der Waals surface area contributed by atoms with E-state index in [2.05, 4.69) is 27.8 Å². The molecule has 0 aliphatic heterocycles. The van der Waals surface area contributed by atoms with Crippen LogP contribution in [0.1, 0.15) is 23.1 Å². The largest absolute Gasteiger partial charge is 0.416 e. The van der Waals surface area contributed by atoms with E-state index in [0.29, 0.717) is 16.6 Å². The Kier molecular flexibility index (Phi) is 6.86. The van der Waals surface area contributed by atoms with Gasteiger partial charge in [0.2, 0.25) is 11.8 Å². The summed E-state index contributed by atoms with van der Waals surface area (Å²) >= 11 is 2.96. The van der Waals surface area contributed by atoms with E-state index >= 15 is 0 Å². The van der Waals surface area contributed by atoms with E-state index in [1.807, 2.05) is 0 Å². The van der Waals surface area contributed by atoms with Crippen LogP contribution in [0.3, 0.4) is 0 Å². The van der Waals surface area contributed by atoms with Crippen molar-refractivity contribution in [3.63, 3.8) is 0 Å². The van der Waals surface area contributed by atoms with Gasteiger partial charge in [0.15, 0.2) is 0 Å². The number of hydrogen-bond acceptors (Lipinski definition) is 2. The Morgan fingerprint density at radius 1 is 1.08 bits per heavy atom. The van der Waals surface area contributed by atoms with Crippen molar-refractivity contribution in [3.8, 4) is 0 Å². The quantitative estimate of drug-likeness (QED) is 0.656. The number of halogens is 7. The lowest BCUT2D eigenvalue weighted by Gasteiger charge is -2.16. The third-order valence-electron chi connectivity index (χ3n) is 3.12. The minimum Gasteiger partial charge on any atom is -0.368 e. The van der Waals surface area contributed by atoms with E-state index in [1.165, 1.54) is 0 Å². The van der Waals surface area contributed by atoms with Gasteiger partial charge in [-0.1, -0.05) is 22.5 Å². The Morgan fingerprint density at radius 2 is 1.54 bits per heavy atom. The molecule has 0 saturated carbocycles. The third kappa shape index (κ3) is 6.70. The van der Waals surface area contributed by atoms with Gasteiger partial charge >= 0.3 is 12.4 Å². The van der Waals surface area contributed by atoms with E-state index in [9.17, 15) is 35.9 Å². The number of carbonyl (C=O) groups is 2. The van der Waals surface area contributed by atoms with Crippen molar-refractivity contribution >= 4 is 27.7 Å². The minimum atomic E-state index is -5.02. The van der Waals surface area contributed by atoms with Gasteiger partial charge in [0, 0.05) is 6.42 Å². The number of benzene rings is 1. The molecule has 3 N–H and O–H groups in total. The average molecular weight is 447 g/mol. The van der Waals surface area contributed by atoms with Crippen LogP contribution in [0.4, 0.5) is 26.3 Å². The molecule has 0 aromatic heterocycles. The van der Waals surface area contributed by atoms with Gasteiger partial charge < -0.3 is 11.1 Å². The van der Waals surface area contributed by atoms with E-state index in [-0.39, 0.29) is 12.5 Å². The summed E-state index contributed by atoms with van der Waals surface area (Å²) in [6.45, 7) is 3.45. The van der Waals surface area contributed by atoms with Crippen molar-refractivity contribution in [1.29, 1.82) is 0 Å². The number of carbonyl (C=O) groups excluding carboxylic acids is 2. The molecule has 1 aromatic rings. The lowest BCUT2D eigenvalue weighted by molar-refractivity contribution is -0.143. The number of alkyl halides is 6. The maximum absolute atomic E-state index is 12.8. The maximum Gasteiger partial charge on any atom is 0.416 e. The first kappa shape index (κ1) is 22.0. The lowest BCUT2D eigenvalue weighted by atomic mass is 10.0. The number of nitrogens with one attached hydrogen (secondary N) is 1. The van der Waals surface area contributed by atoms with Crippen LogP contribution in [0.5, 0.6) is 0 Å². The number of primary amides is 1. The second kappa shape index (κ2) is 8.11. The Labute approximate surface area is 152 Å². The summed E-state index contributed by atoms with van der Waals surface area (Å²) in [5.74, 6) is -1.89. The number of rotatable bonds is 6. The van der Waals surface area contributed by atoms with Crippen LogP contribution < -0.4 is 11.1 Å². The van der Waals surface area contributed by atoms with Crippen molar-refractivity contribution in [2.45, 2.75) is 31.2 Å². The zero-order valence-corrected chi connectivity index (χ0v) is 14.6. The normalized spacial score (nSPS) is 13.2. The number of hydrogen-bond donors (Lipinski definition) is 2. The van der Waals surface area contributed by atoms with Crippen LogP contribution in [0.25, 0.3) is 0 Å². The zero-order chi connectivity index (χ0) is 20.3. The van der Waals surface area contributed by atoms with Crippen LogP contribution in [0, 0.1) is 0 Å². The summed E-state index contributed by atoms with van der Waals surface area (Å²) in [6, 6.07) is -0.362. The molecule has 0 fully saturated rings. The fraction of sp³-hybridized carbons (Fsp3) is 0.333. The Balaban J connectivity index is 3.09. The van der Waals surface area contributed by atoms with Crippen LogP contribution in [0.2, 0.25) is 0 Å². The summed E-state index contributed by atoms with van der Waals surface area (Å²) in [6.07, 6.45) is -10.9. The van der Waals surface area contributed by atoms with Gasteiger partial charge in [0.25, 0.3) is 0 Å². The molecule has 11 heteroatoms. The Morgan fingerprint density at radius 3 is 1.88 bits per heavy atom. The molecule has 1 aromatic carbocycles. The van der Waals surface area contributed by atoms with Crippen LogP contribution >= 0.6 is 15.9 Å². The topological polar surface area (TPSA) is 72.2 Å². The van der Waals surface area contributed by atoms with Gasteiger partial charge in [-0.15, -0.1) is 0 Å². The first-order valence-electron chi connectivity index (χ1n) is 6.90. The van der Waals surface area contributed by atoms with Crippen LogP contribution in [-0.2, 0) is 28.4 Å². The Hall–Kier alpha value is -2.04. The first-order chi connectivity index (χ1) is 11.7. The zero-order valence-electron chi connectivity index (χ0n) is 13.0. The molecule has 0 aliphatic rings. The van der Waals surface area contributed by atoms with Crippen LogP contribution in [-0.4, -0.2) is 17.9 Å². The van der Waals surface area contributed by atoms with Gasteiger partial charge in [-0.3, -0.25) is 9.59 Å².